The van der Waals surface area contributed by atoms with E-state index in [1.807, 2.05) is 0 Å². The number of hydrogen-bond donors (Lipinski definition) is 3. The molecule has 1 saturated carbocycles. The molecule has 0 bridgehead atoms. The zero-order chi connectivity index (χ0) is 16.5. The second kappa shape index (κ2) is 5.96. The van der Waals surface area contributed by atoms with E-state index in [0.29, 0.717) is 23.4 Å². The average Bonchev–Trinajstić information content (AvgIpc) is 2.35. The van der Waals surface area contributed by atoms with Gasteiger partial charge in [-0.05, 0) is 37.5 Å². The molecule has 0 aliphatic heterocycles. The molecule has 3 unspecified atom stereocenters. The van der Waals surface area contributed by atoms with Crippen molar-refractivity contribution in [2.24, 2.45) is 17.6 Å². The van der Waals surface area contributed by atoms with Crippen LogP contribution in [-0.4, -0.2) is 22.9 Å². The molecule has 0 radical (unpaired) electrons. The maximum atomic E-state index is 12.3. The van der Waals surface area contributed by atoms with Crippen LogP contribution >= 0.6 is 11.6 Å². The highest BCUT2D eigenvalue weighted by atomic mass is 35.5. The monoisotopic (exact) mass is 324 g/mol. The van der Waals surface area contributed by atoms with Crippen LogP contribution in [0.3, 0.4) is 0 Å². The van der Waals surface area contributed by atoms with Gasteiger partial charge in [-0.2, -0.15) is 0 Å². The third-order valence-electron chi connectivity index (χ3n) is 4.20. The number of rotatable bonds is 5. The van der Waals surface area contributed by atoms with Crippen molar-refractivity contribution in [2.75, 3.05) is 0 Å². The van der Waals surface area contributed by atoms with Crippen LogP contribution < -0.4 is 11.1 Å². The van der Waals surface area contributed by atoms with Crippen molar-refractivity contribution in [3.63, 3.8) is 0 Å². The van der Waals surface area contributed by atoms with Crippen molar-refractivity contribution in [1.29, 1.82) is 0 Å². The first-order valence-electron chi connectivity index (χ1n) is 6.86. The van der Waals surface area contributed by atoms with Gasteiger partial charge in [-0.25, -0.2) is 0 Å². The summed E-state index contributed by atoms with van der Waals surface area (Å²) in [7, 11) is 0. The van der Waals surface area contributed by atoms with Crippen LogP contribution in [-0.2, 0) is 19.9 Å². The third kappa shape index (κ3) is 2.92. The molecule has 1 aromatic rings. The number of carboxylic acids is 1. The summed E-state index contributed by atoms with van der Waals surface area (Å²) in [5, 5.41) is 12.0. The Balaban J connectivity index is 2.24. The molecule has 22 heavy (non-hydrogen) atoms. The van der Waals surface area contributed by atoms with E-state index in [0.717, 1.165) is 0 Å². The van der Waals surface area contributed by atoms with Gasteiger partial charge in [-0.15, -0.1) is 0 Å². The number of carbonyl (C=O) groups excluding carboxylic acids is 2. The van der Waals surface area contributed by atoms with Crippen LogP contribution in [0, 0.1) is 11.8 Å². The Bertz CT molecular complexity index is 634. The number of aliphatic carboxylic acids is 1. The number of primary amides is 1. The summed E-state index contributed by atoms with van der Waals surface area (Å²) < 4.78 is 0. The average molecular weight is 325 g/mol. The molecular weight excluding hydrogens is 308 g/mol. The highest BCUT2D eigenvalue weighted by Crippen LogP contribution is 2.35. The predicted molar refractivity (Wildman–Crippen MR) is 80.0 cm³/mol. The Kier molecular flexibility index (Phi) is 4.42. The predicted octanol–water partition coefficient (Wildman–Crippen LogP) is 1.27. The number of nitrogens with two attached hydrogens (primary N) is 1. The molecule has 3 atom stereocenters. The van der Waals surface area contributed by atoms with Crippen LogP contribution in [0.1, 0.15) is 25.3 Å². The lowest BCUT2D eigenvalue weighted by atomic mass is 9.72. The normalized spacial score (nSPS) is 23.0. The van der Waals surface area contributed by atoms with Gasteiger partial charge in [0.1, 0.15) is 5.54 Å². The van der Waals surface area contributed by atoms with E-state index in [-0.39, 0.29) is 0 Å². The molecule has 2 amide bonds. The van der Waals surface area contributed by atoms with Crippen LogP contribution in [0.15, 0.2) is 24.3 Å². The van der Waals surface area contributed by atoms with Gasteiger partial charge in [-0.3, -0.25) is 14.4 Å². The highest BCUT2D eigenvalue weighted by Gasteiger charge is 2.45. The van der Waals surface area contributed by atoms with Crippen LogP contribution in [0.5, 0.6) is 0 Å². The summed E-state index contributed by atoms with van der Waals surface area (Å²) in [4.78, 5) is 35.2. The first-order valence-corrected chi connectivity index (χ1v) is 7.24. The summed E-state index contributed by atoms with van der Waals surface area (Å²) >= 11 is 5.92. The molecule has 1 aliphatic rings. The number of amides is 2. The first kappa shape index (κ1) is 16.3. The maximum absolute atomic E-state index is 12.3. The Hall–Kier alpha value is -2.08. The van der Waals surface area contributed by atoms with Gasteiger partial charge < -0.3 is 16.2 Å². The minimum atomic E-state index is -1.44. The van der Waals surface area contributed by atoms with Crippen LogP contribution in [0.2, 0.25) is 5.02 Å². The van der Waals surface area contributed by atoms with E-state index in [1.165, 1.54) is 6.92 Å². The molecule has 0 saturated heterocycles. The molecule has 7 heteroatoms. The van der Waals surface area contributed by atoms with E-state index in [2.05, 4.69) is 5.32 Å². The summed E-state index contributed by atoms with van der Waals surface area (Å²) in [6.45, 7) is 1.48. The van der Waals surface area contributed by atoms with E-state index in [1.54, 1.807) is 24.3 Å². The third-order valence-corrected chi connectivity index (χ3v) is 4.43. The summed E-state index contributed by atoms with van der Waals surface area (Å²) in [5.74, 6) is -3.59. The van der Waals surface area contributed by atoms with Crippen LogP contribution in [0.25, 0.3) is 0 Å². The minimum Gasteiger partial charge on any atom is -0.481 e. The van der Waals surface area contributed by atoms with E-state index >= 15 is 0 Å². The molecule has 1 aliphatic carbocycles. The Morgan fingerprint density at radius 3 is 2.41 bits per heavy atom. The number of hydrogen-bond acceptors (Lipinski definition) is 3. The number of nitrogens with one attached hydrogen (secondary N) is 1. The van der Waals surface area contributed by atoms with Gasteiger partial charge in [0.25, 0.3) is 0 Å². The fourth-order valence-corrected chi connectivity index (χ4v) is 2.71. The molecule has 1 aromatic carbocycles. The molecule has 4 N–H and O–H groups in total. The summed E-state index contributed by atoms with van der Waals surface area (Å²) in [6.07, 6.45) is 0.936. The summed E-state index contributed by atoms with van der Waals surface area (Å²) in [5.41, 5.74) is 4.45. The van der Waals surface area contributed by atoms with Gasteiger partial charge in [0.2, 0.25) is 11.8 Å². The Labute approximate surface area is 132 Å². The quantitative estimate of drug-likeness (QED) is 0.757. The van der Waals surface area contributed by atoms with Crippen molar-refractivity contribution >= 4 is 29.4 Å². The Morgan fingerprint density at radius 2 is 1.95 bits per heavy atom. The molecular formula is C15H17ClN2O4. The molecule has 2 rings (SSSR count). The molecule has 0 aromatic heterocycles. The fourth-order valence-electron chi connectivity index (χ4n) is 2.52. The SMILES string of the molecule is CC(NC(=O)C1CCC1C(=O)O)(C(N)=O)c1cccc(Cl)c1. The molecule has 0 spiro atoms. The topological polar surface area (TPSA) is 109 Å². The zero-order valence-electron chi connectivity index (χ0n) is 12.0. The van der Waals surface area contributed by atoms with Gasteiger partial charge >= 0.3 is 5.97 Å². The summed E-state index contributed by atoms with van der Waals surface area (Å²) in [6, 6.07) is 6.46. The molecule has 0 heterocycles. The molecule has 118 valence electrons. The lowest BCUT2D eigenvalue weighted by molar-refractivity contribution is -0.153. The van der Waals surface area contributed by atoms with E-state index < -0.39 is 35.2 Å². The van der Waals surface area contributed by atoms with Crippen LogP contribution in [0.4, 0.5) is 0 Å². The number of carbonyl (C=O) groups is 3. The lowest BCUT2D eigenvalue weighted by Crippen LogP contribution is -2.56. The highest BCUT2D eigenvalue weighted by molar-refractivity contribution is 6.30. The number of carboxylic acid groups (broad SMARTS) is 1. The second-order valence-corrected chi connectivity index (χ2v) is 6.05. The standard InChI is InChI=1S/C15H17ClN2O4/c1-15(14(17)22,8-3-2-4-9(16)7-8)18-12(19)10-5-6-11(10)13(20)21/h2-4,7,10-11H,5-6H2,1H3,(H2,17,22)(H,18,19)(H,20,21). The van der Waals surface area contributed by atoms with Crippen molar-refractivity contribution < 1.29 is 19.5 Å². The fraction of sp³-hybridized carbons (Fsp3) is 0.400. The van der Waals surface area contributed by atoms with Crippen molar-refractivity contribution in [1.82, 2.24) is 5.32 Å². The smallest absolute Gasteiger partial charge is 0.307 e. The zero-order valence-corrected chi connectivity index (χ0v) is 12.8. The minimum absolute atomic E-state index is 0.409. The number of benzene rings is 1. The van der Waals surface area contributed by atoms with Crippen molar-refractivity contribution in [2.45, 2.75) is 25.3 Å². The first-order chi connectivity index (χ1) is 10.3. The van der Waals surface area contributed by atoms with Gasteiger partial charge in [0, 0.05) is 5.02 Å². The number of halogens is 1. The lowest BCUT2D eigenvalue weighted by Gasteiger charge is -2.36. The molecule has 6 nitrogen and oxygen atoms in total. The van der Waals surface area contributed by atoms with E-state index in [4.69, 9.17) is 22.4 Å². The van der Waals surface area contributed by atoms with Gasteiger partial charge in [0.15, 0.2) is 0 Å². The largest absolute Gasteiger partial charge is 0.481 e. The van der Waals surface area contributed by atoms with Crippen molar-refractivity contribution in [3.05, 3.63) is 34.9 Å². The maximum Gasteiger partial charge on any atom is 0.307 e. The van der Waals surface area contributed by atoms with Crippen molar-refractivity contribution in [3.8, 4) is 0 Å². The van der Waals surface area contributed by atoms with Gasteiger partial charge in [-0.1, -0.05) is 23.7 Å². The van der Waals surface area contributed by atoms with E-state index in [9.17, 15) is 14.4 Å². The second-order valence-electron chi connectivity index (χ2n) is 5.62. The van der Waals surface area contributed by atoms with Gasteiger partial charge in [0.05, 0.1) is 11.8 Å². The molecule has 1 fully saturated rings. The Morgan fingerprint density at radius 1 is 1.32 bits per heavy atom.